The molecule has 0 aliphatic heterocycles. The van der Waals surface area contributed by atoms with E-state index in [0.717, 1.165) is 0 Å². The van der Waals surface area contributed by atoms with Crippen LogP contribution in [0.5, 0.6) is 0 Å². The van der Waals surface area contributed by atoms with Crippen molar-refractivity contribution in [3.8, 4) is 0 Å². The number of rotatable bonds is 2. The lowest BCUT2D eigenvalue weighted by Crippen LogP contribution is -2.25. The van der Waals surface area contributed by atoms with E-state index in [-0.39, 0.29) is 0 Å². The molecule has 0 aliphatic rings. The number of sulfone groups is 1. The highest BCUT2D eigenvalue weighted by Gasteiger charge is 2.44. The van der Waals surface area contributed by atoms with Gasteiger partial charge in [-0.3, -0.25) is 0 Å². The van der Waals surface area contributed by atoms with E-state index in [9.17, 15) is 21.6 Å². The number of halogens is 3. The molecule has 0 N–H and O–H groups in total. The van der Waals surface area contributed by atoms with Gasteiger partial charge in [0.05, 0.1) is 5.75 Å². The van der Waals surface area contributed by atoms with E-state index < -0.39 is 21.1 Å². The van der Waals surface area contributed by atoms with Crippen LogP contribution in [-0.2, 0) is 9.84 Å². The SMILES string of the molecule is C=CCS(=O)(=O)C(F)(F)F. The van der Waals surface area contributed by atoms with Crippen LogP contribution in [0.15, 0.2) is 12.7 Å². The number of alkyl halides is 3. The molecule has 0 spiro atoms. The second-order valence-electron chi connectivity index (χ2n) is 1.52. The van der Waals surface area contributed by atoms with Crippen molar-refractivity contribution in [2.24, 2.45) is 0 Å². The summed E-state index contributed by atoms with van der Waals surface area (Å²) < 4.78 is 54.3. The average molecular weight is 174 g/mol. The molecule has 0 atom stereocenters. The lowest BCUT2D eigenvalue weighted by molar-refractivity contribution is -0.0432. The van der Waals surface area contributed by atoms with Crippen LogP contribution in [-0.4, -0.2) is 19.7 Å². The molecular formula is C4H5F3O2S. The van der Waals surface area contributed by atoms with Gasteiger partial charge in [-0.15, -0.1) is 6.58 Å². The predicted octanol–water partition coefficient (Wildman–Crippen LogP) is 1.11. The highest BCUT2D eigenvalue weighted by atomic mass is 32.2. The Balaban J connectivity index is 4.59. The van der Waals surface area contributed by atoms with E-state index in [4.69, 9.17) is 0 Å². The maximum Gasteiger partial charge on any atom is 0.497 e. The van der Waals surface area contributed by atoms with Crippen LogP contribution in [0.2, 0.25) is 0 Å². The minimum atomic E-state index is -5.15. The molecule has 0 amide bonds. The van der Waals surface area contributed by atoms with Crippen molar-refractivity contribution in [2.75, 3.05) is 5.75 Å². The van der Waals surface area contributed by atoms with E-state index in [1.807, 2.05) is 0 Å². The Morgan fingerprint density at radius 2 is 1.80 bits per heavy atom. The van der Waals surface area contributed by atoms with Crippen molar-refractivity contribution in [2.45, 2.75) is 5.51 Å². The molecule has 10 heavy (non-hydrogen) atoms. The minimum absolute atomic E-state index is 0.697. The molecule has 0 aromatic heterocycles. The third kappa shape index (κ3) is 2.02. The van der Waals surface area contributed by atoms with Crippen LogP contribution in [0.3, 0.4) is 0 Å². The van der Waals surface area contributed by atoms with E-state index >= 15 is 0 Å². The minimum Gasteiger partial charge on any atom is -0.219 e. The Morgan fingerprint density at radius 3 is 1.90 bits per heavy atom. The summed E-state index contributed by atoms with van der Waals surface area (Å²) in [4.78, 5) is 0. The first-order valence-electron chi connectivity index (χ1n) is 2.21. The van der Waals surface area contributed by atoms with Crippen LogP contribution < -0.4 is 0 Å². The number of hydrogen-bond donors (Lipinski definition) is 0. The molecule has 60 valence electrons. The summed E-state index contributed by atoms with van der Waals surface area (Å²) in [5.41, 5.74) is -5.15. The highest BCUT2D eigenvalue weighted by molar-refractivity contribution is 7.92. The Kier molecular flexibility index (Phi) is 2.48. The molecule has 0 unspecified atom stereocenters. The Bertz CT molecular complexity index is 213. The molecule has 0 saturated heterocycles. The standard InChI is InChI=1S/C4H5F3O2S/c1-2-3-10(8,9)4(5,6)7/h2H,1,3H2. The van der Waals surface area contributed by atoms with Crippen LogP contribution in [0.25, 0.3) is 0 Å². The van der Waals surface area contributed by atoms with Gasteiger partial charge in [0.15, 0.2) is 0 Å². The van der Waals surface area contributed by atoms with Gasteiger partial charge in [0.25, 0.3) is 9.84 Å². The van der Waals surface area contributed by atoms with Gasteiger partial charge < -0.3 is 0 Å². The van der Waals surface area contributed by atoms with E-state index in [0.29, 0.717) is 6.08 Å². The molecule has 0 radical (unpaired) electrons. The van der Waals surface area contributed by atoms with Crippen LogP contribution in [0.1, 0.15) is 0 Å². The Labute approximate surface area is 56.3 Å². The lowest BCUT2D eigenvalue weighted by Gasteiger charge is -2.03. The Morgan fingerprint density at radius 1 is 1.40 bits per heavy atom. The van der Waals surface area contributed by atoms with Crippen LogP contribution in [0.4, 0.5) is 13.2 Å². The van der Waals surface area contributed by atoms with E-state index in [1.165, 1.54) is 0 Å². The normalized spacial score (nSPS) is 13.1. The van der Waals surface area contributed by atoms with Crippen molar-refractivity contribution < 1.29 is 21.6 Å². The van der Waals surface area contributed by atoms with Crippen molar-refractivity contribution in [3.63, 3.8) is 0 Å². The van der Waals surface area contributed by atoms with Crippen molar-refractivity contribution in [3.05, 3.63) is 12.7 Å². The summed E-state index contributed by atoms with van der Waals surface area (Å²) in [5.74, 6) is -1.06. The largest absolute Gasteiger partial charge is 0.497 e. The summed E-state index contributed by atoms with van der Waals surface area (Å²) >= 11 is 0. The zero-order valence-electron chi connectivity index (χ0n) is 4.85. The van der Waals surface area contributed by atoms with E-state index in [1.54, 1.807) is 0 Å². The topological polar surface area (TPSA) is 34.1 Å². The quantitative estimate of drug-likeness (QED) is 0.587. The molecule has 0 saturated carbocycles. The second kappa shape index (κ2) is 2.61. The monoisotopic (exact) mass is 174 g/mol. The molecule has 0 aliphatic carbocycles. The smallest absolute Gasteiger partial charge is 0.219 e. The Hall–Kier alpha value is -0.520. The maximum absolute atomic E-state index is 11.4. The van der Waals surface area contributed by atoms with Gasteiger partial charge in [0, 0.05) is 0 Å². The molecular weight excluding hydrogens is 169 g/mol. The fourth-order valence-electron chi connectivity index (χ4n) is 0.250. The second-order valence-corrected chi connectivity index (χ2v) is 3.54. The van der Waals surface area contributed by atoms with Crippen molar-refractivity contribution in [1.29, 1.82) is 0 Å². The molecule has 0 fully saturated rings. The average Bonchev–Trinajstić information content (AvgIpc) is 1.61. The van der Waals surface area contributed by atoms with Crippen LogP contribution in [0, 0.1) is 0 Å². The van der Waals surface area contributed by atoms with Gasteiger partial charge >= 0.3 is 5.51 Å². The molecule has 0 bridgehead atoms. The molecule has 0 aromatic rings. The zero-order valence-corrected chi connectivity index (χ0v) is 5.67. The number of hydrogen-bond acceptors (Lipinski definition) is 2. The maximum atomic E-state index is 11.4. The van der Waals surface area contributed by atoms with Gasteiger partial charge in [-0.2, -0.15) is 13.2 Å². The summed E-state index contributed by atoms with van der Waals surface area (Å²) in [6.45, 7) is 2.88. The first-order chi connectivity index (χ1) is 4.31. The van der Waals surface area contributed by atoms with Gasteiger partial charge in [0.2, 0.25) is 0 Å². The summed E-state index contributed by atoms with van der Waals surface area (Å²) in [7, 11) is -4.97. The highest BCUT2D eigenvalue weighted by Crippen LogP contribution is 2.23. The van der Waals surface area contributed by atoms with Gasteiger partial charge in [-0.25, -0.2) is 8.42 Å². The van der Waals surface area contributed by atoms with Gasteiger partial charge in [0.1, 0.15) is 0 Å². The fraction of sp³-hybridized carbons (Fsp3) is 0.500. The third-order valence-corrected chi connectivity index (χ3v) is 2.07. The molecule has 2 nitrogen and oxygen atoms in total. The summed E-state index contributed by atoms with van der Waals surface area (Å²) in [5, 5.41) is 0. The van der Waals surface area contributed by atoms with Gasteiger partial charge in [-0.05, 0) is 0 Å². The predicted molar refractivity (Wildman–Crippen MR) is 30.0 cm³/mol. The van der Waals surface area contributed by atoms with Crippen molar-refractivity contribution >= 4 is 9.84 Å². The van der Waals surface area contributed by atoms with Gasteiger partial charge in [-0.1, -0.05) is 6.08 Å². The first-order valence-corrected chi connectivity index (χ1v) is 3.86. The van der Waals surface area contributed by atoms with Crippen LogP contribution >= 0.6 is 0 Å². The third-order valence-electron chi connectivity index (χ3n) is 0.690. The van der Waals surface area contributed by atoms with Crippen molar-refractivity contribution in [1.82, 2.24) is 0 Å². The first kappa shape index (κ1) is 9.48. The molecule has 0 rings (SSSR count). The summed E-state index contributed by atoms with van der Waals surface area (Å²) in [6.07, 6.45) is 0.697. The fourth-order valence-corrected chi connectivity index (χ4v) is 0.749. The summed E-state index contributed by atoms with van der Waals surface area (Å²) in [6, 6.07) is 0. The molecule has 0 heterocycles. The molecule has 6 heteroatoms. The van der Waals surface area contributed by atoms with E-state index in [2.05, 4.69) is 6.58 Å². The molecule has 0 aromatic carbocycles. The lowest BCUT2D eigenvalue weighted by atomic mass is 10.8. The zero-order chi connectivity index (χ0) is 8.41.